The number of nitrogens with one attached hydrogen (secondary N) is 1. The third kappa shape index (κ3) is 3.35. The maximum Gasteiger partial charge on any atom is 0.251 e. The molecule has 7 heteroatoms. The topological polar surface area (TPSA) is 49.4 Å². The molecule has 1 fully saturated rings. The normalized spacial score (nSPS) is 17.0. The van der Waals surface area contributed by atoms with Gasteiger partial charge in [0, 0.05) is 19.2 Å². The van der Waals surface area contributed by atoms with Gasteiger partial charge in [-0.25, -0.2) is 13.2 Å². The molecule has 0 spiro atoms. The first-order chi connectivity index (χ1) is 11.9. The van der Waals surface area contributed by atoms with Crippen molar-refractivity contribution in [3.63, 3.8) is 0 Å². The monoisotopic (exact) mass is 348 g/mol. The number of hydrogen-bond donors (Lipinski definition) is 1. The molecule has 0 aliphatic carbocycles. The predicted octanol–water partition coefficient (Wildman–Crippen LogP) is 2.73. The fourth-order valence-electron chi connectivity index (χ4n) is 2.73. The molecule has 4 nitrogen and oxygen atoms in total. The Morgan fingerprint density at radius 3 is 2.20 bits per heavy atom. The highest BCUT2D eigenvalue weighted by Gasteiger charge is 2.30. The number of likely N-dealkylation sites (tertiary alicyclic amines) is 1. The van der Waals surface area contributed by atoms with E-state index in [4.69, 9.17) is 0 Å². The lowest BCUT2D eigenvalue weighted by molar-refractivity contribution is -0.128. The Morgan fingerprint density at radius 2 is 1.68 bits per heavy atom. The Labute approximate surface area is 142 Å². The highest BCUT2D eigenvalue weighted by atomic mass is 19.2. The fourth-order valence-corrected chi connectivity index (χ4v) is 2.73. The second-order valence-corrected chi connectivity index (χ2v) is 5.91. The van der Waals surface area contributed by atoms with Crippen LogP contribution in [-0.4, -0.2) is 36.3 Å². The molecule has 0 unspecified atom stereocenters. The molecule has 1 N–H and O–H groups in total. The molecule has 0 bridgehead atoms. The molecular formula is C18H15F3N2O2. The van der Waals surface area contributed by atoms with Gasteiger partial charge in [-0.05, 0) is 41.8 Å². The van der Waals surface area contributed by atoms with Gasteiger partial charge in [0.1, 0.15) is 6.04 Å². The summed E-state index contributed by atoms with van der Waals surface area (Å²) in [5, 5.41) is 2.66. The van der Waals surface area contributed by atoms with Gasteiger partial charge in [0.25, 0.3) is 5.91 Å². The summed E-state index contributed by atoms with van der Waals surface area (Å²) < 4.78 is 39.6. The van der Waals surface area contributed by atoms with E-state index in [9.17, 15) is 22.8 Å². The molecule has 2 aromatic rings. The summed E-state index contributed by atoms with van der Waals surface area (Å²) in [6.07, 6.45) is 0.549. The molecule has 1 saturated heterocycles. The predicted molar refractivity (Wildman–Crippen MR) is 85.3 cm³/mol. The van der Waals surface area contributed by atoms with Crippen molar-refractivity contribution in [3.8, 4) is 11.1 Å². The van der Waals surface area contributed by atoms with Crippen LogP contribution in [0.3, 0.4) is 0 Å². The van der Waals surface area contributed by atoms with E-state index >= 15 is 0 Å². The lowest BCUT2D eigenvalue weighted by Gasteiger charge is -2.12. The Bertz CT molecular complexity index is 814. The second-order valence-electron chi connectivity index (χ2n) is 5.91. The van der Waals surface area contributed by atoms with E-state index in [1.54, 1.807) is 11.9 Å². The smallest absolute Gasteiger partial charge is 0.251 e. The minimum absolute atomic E-state index is 0.137. The van der Waals surface area contributed by atoms with E-state index in [0.29, 0.717) is 24.1 Å². The zero-order valence-corrected chi connectivity index (χ0v) is 13.4. The van der Waals surface area contributed by atoms with Gasteiger partial charge < -0.3 is 10.2 Å². The average molecular weight is 348 g/mol. The largest absolute Gasteiger partial charge is 0.344 e. The van der Waals surface area contributed by atoms with Crippen molar-refractivity contribution in [2.24, 2.45) is 0 Å². The third-order valence-electron chi connectivity index (χ3n) is 4.20. The van der Waals surface area contributed by atoms with Crippen LogP contribution in [0.4, 0.5) is 13.2 Å². The molecule has 3 rings (SSSR count). The molecule has 2 amide bonds. The van der Waals surface area contributed by atoms with Gasteiger partial charge in [0.2, 0.25) is 5.91 Å². The summed E-state index contributed by atoms with van der Waals surface area (Å²) in [6.45, 7) is 0.588. The number of likely N-dealkylation sites (N-methyl/N-ethyl adjacent to an activating group) is 1. The molecular weight excluding hydrogens is 333 g/mol. The number of halogens is 3. The second kappa shape index (κ2) is 6.58. The van der Waals surface area contributed by atoms with E-state index < -0.39 is 29.4 Å². The quantitative estimate of drug-likeness (QED) is 0.867. The molecule has 1 aliphatic rings. The maximum atomic E-state index is 13.3. The highest BCUT2D eigenvalue weighted by Crippen LogP contribution is 2.24. The number of benzene rings is 2. The van der Waals surface area contributed by atoms with Gasteiger partial charge in [0.05, 0.1) is 0 Å². The van der Waals surface area contributed by atoms with Crippen LogP contribution in [0.2, 0.25) is 0 Å². The fraction of sp³-hybridized carbons (Fsp3) is 0.222. The zero-order valence-electron chi connectivity index (χ0n) is 13.4. The number of rotatable bonds is 3. The molecule has 0 aromatic heterocycles. The van der Waals surface area contributed by atoms with Crippen LogP contribution in [-0.2, 0) is 4.79 Å². The Hall–Kier alpha value is -2.83. The Morgan fingerprint density at radius 1 is 1.08 bits per heavy atom. The van der Waals surface area contributed by atoms with Crippen LogP contribution >= 0.6 is 0 Å². The highest BCUT2D eigenvalue weighted by molar-refractivity contribution is 5.98. The van der Waals surface area contributed by atoms with Gasteiger partial charge in [-0.1, -0.05) is 12.1 Å². The van der Waals surface area contributed by atoms with Crippen LogP contribution in [0.5, 0.6) is 0 Å². The van der Waals surface area contributed by atoms with Crippen molar-refractivity contribution >= 4 is 11.8 Å². The first-order valence-corrected chi connectivity index (χ1v) is 7.67. The summed E-state index contributed by atoms with van der Waals surface area (Å²) in [5.74, 6) is -4.62. The minimum Gasteiger partial charge on any atom is -0.344 e. The lowest BCUT2D eigenvalue weighted by atomic mass is 10.0. The molecule has 0 radical (unpaired) electrons. The number of carbonyl (C=O) groups excluding carboxylic acids is 2. The standard InChI is InChI=1S/C18H15F3N2O2/c1-23-7-6-15(18(23)25)22-17(24)11-4-2-10(3-5-11)12-8-13(19)16(21)14(20)9-12/h2-5,8-9,15H,6-7H2,1H3,(H,22,24)/t15-/m0/s1. The van der Waals surface area contributed by atoms with Crippen molar-refractivity contribution in [2.75, 3.05) is 13.6 Å². The van der Waals surface area contributed by atoms with Gasteiger partial charge in [-0.15, -0.1) is 0 Å². The molecule has 1 heterocycles. The summed E-state index contributed by atoms with van der Waals surface area (Å²) in [7, 11) is 1.67. The number of amides is 2. The van der Waals surface area contributed by atoms with E-state index in [0.717, 1.165) is 12.1 Å². The summed E-state index contributed by atoms with van der Waals surface area (Å²) in [4.78, 5) is 25.6. The summed E-state index contributed by atoms with van der Waals surface area (Å²) >= 11 is 0. The van der Waals surface area contributed by atoms with Crippen LogP contribution in [0, 0.1) is 17.5 Å². The van der Waals surface area contributed by atoms with E-state index in [1.807, 2.05) is 0 Å². The molecule has 1 atom stereocenters. The molecule has 1 aliphatic heterocycles. The van der Waals surface area contributed by atoms with Crippen molar-refractivity contribution in [2.45, 2.75) is 12.5 Å². The summed E-state index contributed by atoms with van der Waals surface area (Å²) in [5.41, 5.74) is 0.913. The van der Waals surface area contributed by atoms with Crippen molar-refractivity contribution < 1.29 is 22.8 Å². The molecule has 2 aromatic carbocycles. The Balaban J connectivity index is 1.76. The maximum absolute atomic E-state index is 13.3. The van der Waals surface area contributed by atoms with E-state index in [1.165, 1.54) is 24.3 Å². The SMILES string of the molecule is CN1CC[C@H](NC(=O)c2ccc(-c3cc(F)c(F)c(F)c3)cc2)C1=O. The van der Waals surface area contributed by atoms with Crippen LogP contribution in [0.15, 0.2) is 36.4 Å². The zero-order chi connectivity index (χ0) is 18.1. The number of carbonyl (C=O) groups is 2. The van der Waals surface area contributed by atoms with Crippen molar-refractivity contribution in [3.05, 3.63) is 59.4 Å². The molecule has 130 valence electrons. The lowest BCUT2D eigenvalue weighted by Crippen LogP contribution is -2.40. The van der Waals surface area contributed by atoms with Crippen LogP contribution in [0.1, 0.15) is 16.8 Å². The number of hydrogen-bond acceptors (Lipinski definition) is 2. The van der Waals surface area contributed by atoms with Crippen LogP contribution < -0.4 is 5.32 Å². The van der Waals surface area contributed by atoms with Crippen molar-refractivity contribution in [1.29, 1.82) is 0 Å². The molecule has 0 saturated carbocycles. The molecule has 25 heavy (non-hydrogen) atoms. The van der Waals surface area contributed by atoms with Crippen LogP contribution in [0.25, 0.3) is 11.1 Å². The van der Waals surface area contributed by atoms with E-state index in [-0.39, 0.29) is 11.5 Å². The Kier molecular flexibility index (Phi) is 4.48. The van der Waals surface area contributed by atoms with E-state index in [2.05, 4.69) is 5.32 Å². The first kappa shape index (κ1) is 17.0. The van der Waals surface area contributed by atoms with Gasteiger partial charge in [0.15, 0.2) is 17.5 Å². The van der Waals surface area contributed by atoms with Gasteiger partial charge in [-0.2, -0.15) is 0 Å². The number of nitrogens with zero attached hydrogens (tertiary/aromatic N) is 1. The third-order valence-corrected chi connectivity index (χ3v) is 4.20. The summed E-state index contributed by atoms with van der Waals surface area (Å²) in [6, 6.07) is 7.20. The van der Waals surface area contributed by atoms with Crippen molar-refractivity contribution in [1.82, 2.24) is 10.2 Å². The van der Waals surface area contributed by atoms with Gasteiger partial charge >= 0.3 is 0 Å². The first-order valence-electron chi connectivity index (χ1n) is 7.67. The minimum atomic E-state index is -1.52. The van der Waals surface area contributed by atoms with Gasteiger partial charge in [-0.3, -0.25) is 9.59 Å². The average Bonchev–Trinajstić information content (AvgIpc) is 2.91.